The van der Waals surface area contributed by atoms with Gasteiger partial charge in [-0.3, -0.25) is 14.6 Å². The van der Waals surface area contributed by atoms with Crippen LogP contribution < -0.4 is 10.1 Å². The molecule has 1 aliphatic carbocycles. The SMILES string of the molecule is CCC(=O)CCCCC[C@H](NC(=O)[C@H]1CC12CCN(CC)CC2)c1ncc(-c2cc3ccc(C)nc3cc2OC)n1COCC[Si](C)(C)C. The smallest absolute Gasteiger partial charge is 0.224 e. The zero-order valence-corrected chi connectivity index (χ0v) is 32.1. The van der Waals surface area contributed by atoms with Crippen molar-refractivity contribution in [3.05, 3.63) is 42.0 Å². The van der Waals surface area contributed by atoms with Crippen LogP contribution in [0.3, 0.4) is 0 Å². The van der Waals surface area contributed by atoms with Crippen molar-refractivity contribution in [2.75, 3.05) is 33.4 Å². The maximum atomic E-state index is 14.0. The zero-order valence-electron chi connectivity index (χ0n) is 31.1. The molecule has 10 heteroatoms. The lowest BCUT2D eigenvalue weighted by molar-refractivity contribution is -0.124. The molecule has 1 saturated heterocycles. The van der Waals surface area contributed by atoms with Crippen LogP contribution in [-0.2, 0) is 21.1 Å². The molecule has 1 amide bonds. The van der Waals surface area contributed by atoms with Crippen molar-refractivity contribution in [3.8, 4) is 17.0 Å². The Morgan fingerprint density at radius 1 is 1.10 bits per heavy atom. The van der Waals surface area contributed by atoms with Gasteiger partial charge in [0.05, 0.1) is 30.6 Å². The number of pyridine rings is 1. The van der Waals surface area contributed by atoms with E-state index in [2.05, 4.69) is 53.5 Å². The molecular formula is C39H59N5O4Si. The highest BCUT2D eigenvalue weighted by Crippen LogP contribution is 2.59. The first-order chi connectivity index (χ1) is 23.5. The molecule has 268 valence electrons. The van der Waals surface area contributed by atoms with Crippen molar-refractivity contribution in [2.24, 2.45) is 11.3 Å². The Hall–Kier alpha value is -3.08. The second-order valence-corrected chi connectivity index (χ2v) is 21.2. The van der Waals surface area contributed by atoms with Crippen LogP contribution in [0.15, 0.2) is 30.5 Å². The van der Waals surface area contributed by atoms with Gasteiger partial charge in [-0.25, -0.2) is 4.98 Å². The largest absolute Gasteiger partial charge is 0.496 e. The lowest BCUT2D eigenvalue weighted by atomic mass is 9.90. The highest BCUT2D eigenvalue weighted by atomic mass is 28.3. The van der Waals surface area contributed by atoms with Crippen molar-refractivity contribution in [1.29, 1.82) is 0 Å². The summed E-state index contributed by atoms with van der Waals surface area (Å²) in [6.07, 6.45) is 9.72. The molecule has 1 aromatic carbocycles. The molecule has 0 unspecified atom stereocenters. The average Bonchev–Trinajstić information content (AvgIpc) is 3.62. The number of imidazole rings is 1. The summed E-state index contributed by atoms with van der Waals surface area (Å²) in [6.45, 7) is 17.4. The molecule has 2 fully saturated rings. The quantitative estimate of drug-likeness (QED) is 0.107. The Kier molecular flexibility index (Phi) is 12.4. The minimum atomic E-state index is -1.29. The number of aryl methyl sites for hydroxylation is 1. The molecule has 9 nitrogen and oxygen atoms in total. The molecule has 0 radical (unpaired) electrons. The predicted octanol–water partition coefficient (Wildman–Crippen LogP) is 7.94. The van der Waals surface area contributed by atoms with Gasteiger partial charge in [0, 0.05) is 56.2 Å². The van der Waals surface area contributed by atoms with Crippen LogP contribution in [0.2, 0.25) is 25.7 Å². The third-order valence-electron chi connectivity index (χ3n) is 10.8. The fraction of sp³-hybridized carbons (Fsp3) is 0.641. The van der Waals surface area contributed by atoms with E-state index in [0.717, 1.165) is 110 Å². The van der Waals surface area contributed by atoms with Crippen molar-refractivity contribution in [2.45, 2.75) is 117 Å². The molecule has 2 aliphatic rings. The second kappa shape index (κ2) is 16.3. The minimum Gasteiger partial charge on any atom is -0.496 e. The number of hydrogen-bond donors (Lipinski definition) is 1. The molecule has 2 aromatic heterocycles. The van der Waals surface area contributed by atoms with E-state index in [4.69, 9.17) is 19.4 Å². The fourth-order valence-corrected chi connectivity index (χ4v) is 8.08. The minimum absolute atomic E-state index is 0.0589. The van der Waals surface area contributed by atoms with Gasteiger partial charge in [-0.1, -0.05) is 52.4 Å². The van der Waals surface area contributed by atoms with Crippen LogP contribution in [0, 0.1) is 18.3 Å². The Labute approximate surface area is 294 Å². The summed E-state index contributed by atoms with van der Waals surface area (Å²) in [5.41, 5.74) is 3.79. The van der Waals surface area contributed by atoms with E-state index in [9.17, 15) is 9.59 Å². The maximum absolute atomic E-state index is 14.0. The van der Waals surface area contributed by atoms with Crippen molar-refractivity contribution >= 4 is 30.7 Å². The van der Waals surface area contributed by atoms with Gasteiger partial charge in [-0.2, -0.15) is 0 Å². The monoisotopic (exact) mass is 689 g/mol. The molecule has 3 aromatic rings. The molecular weight excluding hydrogens is 631 g/mol. The number of Topliss-reactive ketones (excluding diaryl/α,β-unsaturated/α-hetero) is 1. The number of carbonyl (C=O) groups is 2. The first kappa shape index (κ1) is 37.2. The van der Waals surface area contributed by atoms with Gasteiger partial charge in [0.2, 0.25) is 5.91 Å². The molecule has 2 atom stereocenters. The number of likely N-dealkylation sites (tertiary alicyclic amines) is 1. The molecule has 1 N–H and O–H groups in total. The third kappa shape index (κ3) is 9.38. The highest BCUT2D eigenvalue weighted by molar-refractivity contribution is 6.76. The number of ether oxygens (including phenoxy) is 2. The lowest BCUT2D eigenvalue weighted by Crippen LogP contribution is -2.38. The van der Waals surface area contributed by atoms with Gasteiger partial charge in [-0.05, 0) is 82.3 Å². The van der Waals surface area contributed by atoms with Crippen LogP contribution >= 0.6 is 0 Å². The Morgan fingerprint density at radius 3 is 2.57 bits per heavy atom. The summed E-state index contributed by atoms with van der Waals surface area (Å²) in [7, 11) is 0.396. The average molecular weight is 690 g/mol. The molecule has 1 spiro atoms. The summed E-state index contributed by atoms with van der Waals surface area (Å²) >= 11 is 0. The van der Waals surface area contributed by atoms with E-state index in [0.29, 0.717) is 32.0 Å². The van der Waals surface area contributed by atoms with Crippen molar-refractivity contribution in [3.63, 3.8) is 0 Å². The van der Waals surface area contributed by atoms with E-state index in [1.54, 1.807) is 7.11 Å². The van der Waals surface area contributed by atoms with Gasteiger partial charge in [0.1, 0.15) is 24.1 Å². The second-order valence-electron chi connectivity index (χ2n) is 15.6. The molecule has 5 rings (SSSR count). The Bertz CT molecular complexity index is 1590. The molecule has 1 aliphatic heterocycles. The topological polar surface area (TPSA) is 98.6 Å². The number of benzene rings is 1. The first-order valence-corrected chi connectivity index (χ1v) is 22.3. The van der Waals surface area contributed by atoms with Crippen molar-refractivity contribution in [1.82, 2.24) is 24.8 Å². The first-order valence-electron chi connectivity index (χ1n) is 18.6. The number of hydrogen-bond acceptors (Lipinski definition) is 7. The van der Waals surface area contributed by atoms with E-state index >= 15 is 0 Å². The normalized spacial score (nSPS) is 18.1. The number of piperidine rings is 1. The predicted molar refractivity (Wildman–Crippen MR) is 200 cm³/mol. The van der Waals surface area contributed by atoms with E-state index < -0.39 is 8.07 Å². The van der Waals surface area contributed by atoms with Crippen molar-refractivity contribution < 1.29 is 19.1 Å². The number of methoxy groups -OCH3 is 1. The van der Waals surface area contributed by atoms with Gasteiger partial charge in [0.25, 0.3) is 0 Å². The number of amides is 1. The van der Waals surface area contributed by atoms with E-state index in [-0.39, 0.29) is 23.3 Å². The molecule has 49 heavy (non-hydrogen) atoms. The van der Waals surface area contributed by atoms with E-state index in [1.807, 2.05) is 32.2 Å². The summed E-state index contributed by atoms with van der Waals surface area (Å²) < 4.78 is 14.5. The molecule has 1 saturated carbocycles. The number of fused-ring (bicyclic) bond motifs is 1. The number of carbonyl (C=O) groups excluding carboxylic acids is 2. The van der Waals surface area contributed by atoms with Crippen LogP contribution in [-0.4, -0.2) is 72.6 Å². The number of nitrogens with one attached hydrogen (secondary N) is 1. The van der Waals surface area contributed by atoms with E-state index in [1.165, 1.54) is 0 Å². The molecule has 3 heterocycles. The number of aromatic nitrogens is 3. The fourth-order valence-electron chi connectivity index (χ4n) is 7.32. The van der Waals surface area contributed by atoms with Gasteiger partial charge >= 0.3 is 0 Å². The summed E-state index contributed by atoms with van der Waals surface area (Å²) in [6, 6.07) is 9.02. The Morgan fingerprint density at radius 2 is 1.88 bits per heavy atom. The number of rotatable bonds is 18. The van der Waals surface area contributed by atoms with Crippen LogP contribution in [0.25, 0.3) is 22.2 Å². The third-order valence-corrected chi connectivity index (χ3v) is 12.5. The summed E-state index contributed by atoms with van der Waals surface area (Å²) in [5.74, 6) is 2.05. The summed E-state index contributed by atoms with van der Waals surface area (Å²) in [5, 5.41) is 4.52. The zero-order chi connectivity index (χ0) is 35.2. The number of ketones is 1. The standard InChI is InChI=1S/C39H59N5O4Si/c1-8-30(45)13-11-10-12-14-33(42-38(46)32-25-39(32)17-19-43(9-2)20-18-39)37-40-26-35(44(37)27-48-21-22-49(5,6)7)31-23-29-16-15-28(3)41-34(29)24-36(31)47-4/h15-16,23-24,26,32-33H,8-14,17-22,25,27H2,1-7H3,(H,42,46)/t32-,33+/m1/s1. The maximum Gasteiger partial charge on any atom is 0.224 e. The van der Waals surface area contributed by atoms with Crippen LogP contribution in [0.5, 0.6) is 5.75 Å². The summed E-state index contributed by atoms with van der Waals surface area (Å²) in [4.78, 5) is 38.2. The molecule has 0 bridgehead atoms. The van der Waals surface area contributed by atoms with Crippen LogP contribution in [0.1, 0.15) is 89.2 Å². The highest BCUT2D eigenvalue weighted by Gasteiger charge is 2.58. The number of nitrogens with zero attached hydrogens (tertiary/aromatic N) is 4. The van der Waals surface area contributed by atoms with Crippen LogP contribution in [0.4, 0.5) is 0 Å². The Balaban J connectivity index is 1.45. The van der Waals surface area contributed by atoms with Gasteiger partial charge in [-0.15, -0.1) is 0 Å². The van der Waals surface area contributed by atoms with Gasteiger partial charge < -0.3 is 24.3 Å². The number of unbranched alkanes of at least 4 members (excludes halogenated alkanes) is 2. The lowest BCUT2D eigenvalue weighted by Gasteiger charge is -2.32. The van der Waals surface area contributed by atoms with Gasteiger partial charge in [0.15, 0.2) is 0 Å².